The predicted octanol–water partition coefficient (Wildman–Crippen LogP) is 4.55. The van der Waals surface area contributed by atoms with Gasteiger partial charge in [-0.05, 0) is 45.4 Å². The fourth-order valence-corrected chi connectivity index (χ4v) is 2.87. The smallest absolute Gasteiger partial charge is 0.408 e. The van der Waals surface area contributed by atoms with Crippen molar-refractivity contribution in [3.05, 3.63) is 71.5 Å². The molecule has 31 heavy (non-hydrogen) atoms. The van der Waals surface area contributed by atoms with Crippen LogP contribution >= 0.6 is 0 Å². The van der Waals surface area contributed by atoms with E-state index in [1.54, 1.807) is 26.8 Å². The van der Waals surface area contributed by atoms with Crippen LogP contribution in [0.2, 0.25) is 0 Å². The van der Waals surface area contributed by atoms with Gasteiger partial charge in [-0.2, -0.15) is 0 Å². The summed E-state index contributed by atoms with van der Waals surface area (Å²) in [4.78, 5) is 38.4. The molecule has 1 N–H and O–H groups in total. The van der Waals surface area contributed by atoms with Crippen LogP contribution in [0.1, 0.15) is 49.7 Å². The zero-order valence-corrected chi connectivity index (χ0v) is 17.8. The number of alkyl halides is 1. The van der Waals surface area contributed by atoms with Crippen molar-refractivity contribution < 1.29 is 32.6 Å². The SMILES string of the molecule is CCOC(=O)[C@@](F)(C(=O)c1ccccc1)[C@@H](NC(=O)OC(C)(C)C)c1ccc(F)cc1. The van der Waals surface area contributed by atoms with Crippen molar-refractivity contribution in [1.29, 1.82) is 0 Å². The van der Waals surface area contributed by atoms with Gasteiger partial charge >= 0.3 is 12.1 Å². The van der Waals surface area contributed by atoms with E-state index in [0.29, 0.717) is 0 Å². The number of hydrogen-bond donors (Lipinski definition) is 1. The topological polar surface area (TPSA) is 81.7 Å². The third-order valence-electron chi connectivity index (χ3n) is 4.20. The van der Waals surface area contributed by atoms with Crippen LogP contribution in [0.5, 0.6) is 0 Å². The first kappa shape index (κ1) is 24.0. The number of carbonyl (C=O) groups is 3. The molecule has 0 aliphatic rings. The molecule has 0 unspecified atom stereocenters. The maximum absolute atomic E-state index is 16.5. The number of amides is 1. The molecule has 0 aromatic heterocycles. The Morgan fingerprint density at radius 3 is 2.10 bits per heavy atom. The summed E-state index contributed by atoms with van der Waals surface area (Å²) in [5.74, 6) is -3.30. The second kappa shape index (κ2) is 9.68. The average molecular weight is 433 g/mol. The van der Waals surface area contributed by atoms with Gasteiger partial charge in [-0.15, -0.1) is 0 Å². The lowest BCUT2D eigenvalue weighted by Crippen LogP contribution is -2.55. The summed E-state index contributed by atoms with van der Waals surface area (Å²) < 4.78 is 40.0. The van der Waals surface area contributed by atoms with E-state index >= 15 is 4.39 Å². The van der Waals surface area contributed by atoms with E-state index in [0.717, 1.165) is 12.1 Å². The summed E-state index contributed by atoms with van der Waals surface area (Å²) >= 11 is 0. The lowest BCUT2D eigenvalue weighted by atomic mass is 9.83. The van der Waals surface area contributed by atoms with Crippen molar-refractivity contribution >= 4 is 17.8 Å². The molecule has 0 heterocycles. The fraction of sp³-hybridized carbons (Fsp3) is 0.348. The van der Waals surface area contributed by atoms with Gasteiger partial charge in [0, 0.05) is 5.56 Å². The Morgan fingerprint density at radius 2 is 1.58 bits per heavy atom. The van der Waals surface area contributed by atoms with Gasteiger partial charge in [0.15, 0.2) is 0 Å². The Morgan fingerprint density at radius 1 is 1.00 bits per heavy atom. The summed E-state index contributed by atoms with van der Waals surface area (Å²) in [6.07, 6.45) is -1.06. The van der Waals surface area contributed by atoms with Crippen LogP contribution in [0.3, 0.4) is 0 Å². The quantitative estimate of drug-likeness (QED) is 0.394. The van der Waals surface area contributed by atoms with E-state index < -0.39 is 41.0 Å². The zero-order chi connectivity index (χ0) is 23.2. The molecule has 6 nitrogen and oxygen atoms in total. The van der Waals surface area contributed by atoms with Gasteiger partial charge in [0.05, 0.1) is 6.61 Å². The molecular formula is C23H25F2NO5. The molecule has 0 bridgehead atoms. The molecule has 0 saturated heterocycles. The van der Waals surface area contributed by atoms with Crippen molar-refractivity contribution in [2.24, 2.45) is 0 Å². The highest BCUT2D eigenvalue weighted by Crippen LogP contribution is 2.35. The molecule has 0 saturated carbocycles. The Balaban J connectivity index is 2.61. The van der Waals surface area contributed by atoms with Crippen LogP contribution < -0.4 is 5.32 Å². The van der Waals surface area contributed by atoms with E-state index in [1.165, 1.54) is 43.3 Å². The summed E-state index contributed by atoms with van der Waals surface area (Å²) in [6, 6.07) is 9.87. The summed E-state index contributed by atoms with van der Waals surface area (Å²) in [5, 5.41) is 2.26. The number of carbonyl (C=O) groups excluding carboxylic acids is 3. The highest BCUT2D eigenvalue weighted by molar-refractivity contribution is 6.16. The molecule has 0 aliphatic heterocycles. The largest absolute Gasteiger partial charge is 0.463 e. The van der Waals surface area contributed by atoms with E-state index in [1.807, 2.05) is 0 Å². The Kier molecular flexibility index (Phi) is 7.49. The Bertz CT molecular complexity index is 925. The van der Waals surface area contributed by atoms with E-state index in [2.05, 4.69) is 5.32 Å². The lowest BCUT2D eigenvalue weighted by molar-refractivity contribution is -0.155. The molecule has 0 spiro atoms. The minimum Gasteiger partial charge on any atom is -0.463 e. The maximum atomic E-state index is 16.5. The number of Topliss-reactive ketones (excluding diaryl/α,β-unsaturated/α-hetero) is 1. The van der Waals surface area contributed by atoms with Gasteiger partial charge in [0.2, 0.25) is 5.78 Å². The summed E-state index contributed by atoms with van der Waals surface area (Å²) in [7, 11) is 0. The van der Waals surface area contributed by atoms with Crippen molar-refractivity contribution in [1.82, 2.24) is 5.32 Å². The number of alkyl carbamates (subject to hydrolysis) is 1. The van der Waals surface area contributed by atoms with Gasteiger partial charge in [0.1, 0.15) is 17.5 Å². The molecule has 0 aliphatic carbocycles. The van der Waals surface area contributed by atoms with Crippen molar-refractivity contribution in [3.8, 4) is 0 Å². The highest BCUT2D eigenvalue weighted by atomic mass is 19.1. The first-order valence-electron chi connectivity index (χ1n) is 9.70. The molecule has 2 atom stereocenters. The third kappa shape index (κ3) is 5.87. The number of benzene rings is 2. The van der Waals surface area contributed by atoms with Gasteiger partial charge in [-0.3, -0.25) is 4.79 Å². The summed E-state index contributed by atoms with van der Waals surface area (Å²) in [5.41, 5.74) is -4.39. The number of ether oxygens (including phenoxy) is 2. The molecule has 0 fully saturated rings. The molecule has 166 valence electrons. The van der Waals surface area contributed by atoms with Gasteiger partial charge in [-0.25, -0.2) is 18.4 Å². The number of ketones is 1. The van der Waals surface area contributed by atoms with E-state index in [9.17, 15) is 18.8 Å². The van der Waals surface area contributed by atoms with Crippen LogP contribution in [-0.2, 0) is 14.3 Å². The molecule has 0 radical (unpaired) electrons. The number of hydrogen-bond acceptors (Lipinski definition) is 5. The third-order valence-corrected chi connectivity index (χ3v) is 4.20. The number of rotatable bonds is 7. The first-order valence-corrected chi connectivity index (χ1v) is 9.70. The van der Waals surface area contributed by atoms with Crippen molar-refractivity contribution in [2.75, 3.05) is 6.61 Å². The molecule has 2 aromatic rings. The standard InChI is InChI=1S/C23H25F2NO5/c1-5-30-20(28)23(25,19(27)16-9-7-6-8-10-16)18(15-11-13-17(24)14-12-15)26-21(29)31-22(2,3)4/h6-14,18H,5H2,1-4H3,(H,26,29)/t18-,23-/m0/s1. The molecule has 8 heteroatoms. The highest BCUT2D eigenvalue weighted by Gasteiger charge is 2.56. The average Bonchev–Trinajstić information content (AvgIpc) is 2.71. The molecule has 2 rings (SSSR count). The maximum Gasteiger partial charge on any atom is 0.408 e. The minimum atomic E-state index is -3.34. The molecule has 2 aromatic carbocycles. The summed E-state index contributed by atoms with van der Waals surface area (Å²) in [6.45, 7) is 6.06. The van der Waals surface area contributed by atoms with Crippen LogP contribution in [-0.4, -0.2) is 35.7 Å². The van der Waals surface area contributed by atoms with Gasteiger partial charge < -0.3 is 14.8 Å². The van der Waals surface area contributed by atoms with Crippen LogP contribution in [0.25, 0.3) is 0 Å². The molecule has 1 amide bonds. The number of halogens is 2. The van der Waals surface area contributed by atoms with Gasteiger partial charge in [0.25, 0.3) is 5.67 Å². The van der Waals surface area contributed by atoms with E-state index in [-0.39, 0.29) is 17.7 Å². The van der Waals surface area contributed by atoms with Crippen LogP contribution in [0.4, 0.5) is 13.6 Å². The number of esters is 1. The molecular weight excluding hydrogens is 408 g/mol. The zero-order valence-electron chi connectivity index (χ0n) is 17.8. The predicted molar refractivity (Wildman–Crippen MR) is 110 cm³/mol. The Labute approximate surface area is 179 Å². The number of nitrogens with one attached hydrogen (secondary N) is 1. The Hall–Kier alpha value is -3.29. The second-order valence-electron chi connectivity index (χ2n) is 7.76. The van der Waals surface area contributed by atoms with Crippen molar-refractivity contribution in [3.63, 3.8) is 0 Å². The van der Waals surface area contributed by atoms with Crippen LogP contribution in [0, 0.1) is 5.82 Å². The van der Waals surface area contributed by atoms with Crippen LogP contribution in [0.15, 0.2) is 54.6 Å². The minimum absolute atomic E-state index is 0.0212. The van der Waals surface area contributed by atoms with E-state index in [4.69, 9.17) is 9.47 Å². The first-order chi connectivity index (χ1) is 14.5. The van der Waals surface area contributed by atoms with Crippen molar-refractivity contribution in [2.45, 2.75) is 45.0 Å². The normalized spacial score (nSPS) is 14.1. The monoisotopic (exact) mass is 433 g/mol. The lowest BCUT2D eigenvalue weighted by Gasteiger charge is -2.32. The fourth-order valence-electron chi connectivity index (χ4n) is 2.87. The van der Waals surface area contributed by atoms with Gasteiger partial charge in [-0.1, -0.05) is 42.5 Å². The second-order valence-corrected chi connectivity index (χ2v) is 7.76.